The second-order valence-corrected chi connectivity index (χ2v) is 5.97. The number of nitrogen functional groups attached to an aromatic ring is 1. The van der Waals surface area contributed by atoms with Gasteiger partial charge >= 0.3 is 0 Å². The third-order valence-electron chi connectivity index (χ3n) is 4.12. The van der Waals surface area contributed by atoms with Crippen LogP contribution in [0, 0.1) is 0 Å². The molecule has 1 aliphatic rings. The molecule has 3 N–H and O–H groups in total. The summed E-state index contributed by atoms with van der Waals surface area (Å²) in [5.41, 5.74) is 8.84. The SMILES string of the molecule is Nc1nonc1-n1nnc(CN2CCCC2)c1C(=O)NN=Cc1ccco1. The number of hydrazone groups is 1. The zero-order valence-corrected chi connectivity index (χ0v) is 14.3. The van der Waals surface area contributed by atoms with Gasteiger partial charge in [-0.3, -0.25) is 9.69 Å². The van der Waals surface area contributed by atoms with Gasteiger partial charge in [-0.15, -0.1) is 5.10 Å². The van der Waals surface area contributed by atoms with Crippen LogP contribution >= 0.6 is 0 Å². The van der Waals surface area contributed by atoms with Gasteiger partial charge in [0.05, 0.1) is 12.5 Å². The van der Waals surface area contributed by atoms with Crippen molar-refractivity contribution < 1.29 is 13.8 Å². The zero-order valence-electron chi connectivity index (χ0n) is 14.3. The molecule has 0 aliphatic carbocycles. The summed E-state index contributed by atoms with van der Waals surface area (Å²) in [7, 11) is 0. The van der Waals surface area contributed by atoms with Crippen molar-refractivity contribution in [1.82, 2.24) is 35.6 Å². The van der Waals surface area contributed by atoms with E-state index >= 15 is 0 Å². The van der Waals surface area contributed by atoms with E-state index in [0.717, 1.165) is 25.9 Å². The van der Waals surface area contributed by atoms with Gasteiger partial charge in [-0.2, -0.15) is 9.78 Å². The van der Waals surface area contributed by atoms with Gasteiger partial charge in [-0.25, -0.2) is 10.1 Å². The number of aromatic nitrogens is 5. The molecule has 4 rings (SSSR count). The molecule has 0 radical (unpaired) electrons. The smallest absolute Gasteiger partial charge is 0.292 e. The Morgan fingerprint density at radius 3 is 2.93 bits per heavy atom. The summed E-state index contributed by atoms with van der Waals surface area (Å²) in [6.45, 7) is 2.37. The van der Waals surface area contributed by atoms with Gasteiger partial charge in [-0.05, 0) is 48.4 Å². The normalized spacial score (nSPS) is 15.0. The van der Waals surface area contributed by atoms with Crippen LogP contribution < -0.4 is 11.2 Å². The van der Waals surface area contributed by atoms with E-state index < -0.39 is 5.91 Å². The van der Waals surface area contributed by atoms with Crippen LogP contribution in [0.4, 0.5) is 5.82 Å². The van der Waals surface area contributed by atoms with Gasteiger partial charge in [0, 0.05) is 6.54 Å². The highest BCUT2D eigenvalue weighted by Gasteiger charge is 2.26. The Balaban J connectivity index is 1.61. The first-order chi connectivity index (χ1) is 13.2. The van der Waals surface area contributed by atoms with E-state index in [9.17, 15) is 4.79 Å². The third kappa shape index (κ3) is 3.55. The van der Waals surface area contributed by atoms with E-state index in [1.807, 2.05) is 0 Å². The first kappa shape index (κ1) is 16.9. The monoisotopic (exact) mass is 371 g/mol. The maximum absolute atomic E-state index is 12.8. The van der Waals surface area contributed by atoms with Crippen LogP contribution in [-0.4, -0.2) is 55.4 Å². The van der Waals surface area contributed by atoms with Crippen LogP contribution in [0.15, 0.2) is 32.5 Å². The molecule has 0 spiro atoms. The molecule has 0 saturated carbocycles. The molecule has 0 bridgehead atoms. The van der Waals surface area contributed by atoms with Crippen molar-refractivity contribution >= 4 is 17.9 Å². The molecule has 27 heavy (non-hydrogen) atoms. The number of nitrogens with zero attached hydrogens (tertiary/aromatic N) is 7. The minimum atomic E-state index is -0.514. The molecule has 1 fully saturated rings. The summed E-state index contributed by atoms with van der Waals surface area (Å²) < 4.78 is 10.9. The van der Waals surface area contributed by atoms with Crippen molar-refractivity contribution in [3.8, 4) is 5.82 Å². The lowest BCUT2D eigenvalue weighted by Gasteiger charge is -2.13. The average Bonchev–Trinajstić information content (AvgIpc) is 3.42. The molecular formula is C15H17N9O3. The lowest BCUT2D eigenvalue weighted by Crippen LogP contribution is -2.26. The van der Waals surface area contributed by atoms with E-state index in [-0.39, 0.29) is 17.3 Å². The van der Waals surface area contributed by atoms with Crippen molar-refractivity contribution in [2.75, 3.05) is 18.8 Å². The average molecular weight is 371 g/mol. The highest BCUT2D eigenvalue weighted by Crippen LogP contribution is 2.18. The second-order valence-electron chi connectivity index (χ2n) is 5.97. The van der Waals surface area contributed by atoms with Crippen molar-refractivity contribution in [3.05, 3.63) is 35.5 Å². The molecule has 12 nitrogen and oxygen atoms in total. The van der Waals surface area contributed by atoms with Gasteiger partial charge < -0.3 is 10.2 Å². The molecule has 0 atom stereocenters. The molecule has 4 heterocycles. The van der Waals surface area contributed by atoms with Crippen molar-refractivity contribution in [1.29, 1.82) is 0 Å². The predicted molar refractivity (Wildman–Crippen MR) is 91.9 cm³/mol. The lowest BCUT2D eigenvalue weighted by atomic mass is 10.3. The van der Waals surface area contributed by atoms with E-state index in [1.165, 1.54) is 17.2 Å². The number of anilines is 1. The Morgan fingerprint density at radius 1 is 1.37 bits per heavy atom. The van der Waals surface area contributed by atoms with Crippen LogP contribution in [0.3, 0.4) is 0 Å². The van der Waals surface area contributed by atoms with E-state index in [1.54, 1.807) is 12.1 Å². The largest absolute Gasteiger partial charge is 0.463 e. The zero-order chi connectivity index (χ0) is 18.6. The summed E-state index contributed by atoms with van der Waals surface area (Å²) in [4.78, 5) is 15.0. The van der Waals surface area contributed by atoms with Gasteiger partial charge in [0.2, 0.25) is 11.6 Å². The summed E-state index contributed by atoms with van der Waals surface area (Å²) in [6, 6.07) is 3.43. The maximum Gasteiger partial charge on any atom is 0.292 e. The number of rotatable bonds is 6. The molecule has 1 saturated heterocycles. The number of furan rings is 1. The summed E-state index contributed by atoms with van der Waals surface area (Å²) >= 11 is 0. The highest BCUT2D eigenvalue weighted by molar-refractivity contribution is 5.94. The number of nitrogens with two attached hydrogens (primary N) is 1. The summed E-state index contributed by atoms with van der Waals surface area (Å²) in [5, 5.41) is 19.3. The molecule has 1 amide bonds. The van der Waals surface area contributed by atoms with Crippen LogP contribution in [0.5, 0.6) is 0 Å². The Labute approximate surface area is 152 Å². The second kappa shape index (κ2) is 7.37. The Morgan fingerprint density at radius 2 is 2.22 bits per heavy atom. The first-order valence-electron chi connectivity index (χ1n) is 8.34. The minimum Gasteiger partial charge on any atom is -0.463 e. The topological polar surface area (TPSA) is 153 Å². The molecule has 3 aromatic heterocycles. The van der Waals surface area contributed by atoms with Crippen molar-refractivity contribution in [2.24, 2.45) is 5.10 Å². The first-order valence-corrected chi connectivity index (χ1v) is 8.34. The van der Waals surface area contributed by atoms with Gasteiger partial charge in [0.1, 0.15) is 11.5 Å². The van der Waals surface area contributed by atoms with Crippen LogP contribution in [0.1, 0.15) is 34.8 Å². The highest BCUT2D eigenvalue weighted by atomic mass is 16.6. The van der Waals surface area contributed by atoms with E-state index in [4.69, 9.17) is 10.2 Å². The number of likely N-dealkylation sites (tertiary alicyclic amines) is 1. The quantitative estimate of drug-likeness (QED) is 0.456. The molecule has 12 heteroatoms. The Bertz CT molecular complexity index is 938. The van der Waals surface area contributed by atoms with Crippen LogP contribution in [0.2, 0.25) is 0 Å². The fourth-order valence-corrected chi connectivity index (χ4v) is 2.86. The molecule has 0 aromatic carbocycles. The third-order valence-corrected chi connectivity index (χ3v) is 4.12. The molecule has 140 valence electrons. The van der Waals surface area contributed by atoms with Crippen LogP contribution in [-0.2, 0) is 6.54 Å². The Hall–Kier alpha value is -3.54. The molecule has 0 unspecified atom stereocenters. The lowest BCUT2D eigenvalue weighted by molar-refractivity contribution is 0.0945. The van der Waals surface area contributed by atoms with Gasteiger partial charge in [0.15, 0.2) is 5.69 Å². The molecular weight excluding hydrogens is 354 g/mol. The Kier molecular flexibility index (Phi) is 4.61. The minimum absolute atomic E-state index is 0.000703. The molecule has 1 aliphatic heterocycles. The molecule has 3 aromatic rings. The maximum atomic E-state index is 12.8. The number of hydrogen-bond acceptors (Lipinski definition) is 10. The van der Waals surface area contributed by atoms with Gasteiger partial charge in [0.25, 0.3) is 5.91 Å². The number of carbonyl (C=O) groups is 1. The number of hydrogen-bond donors (Lipinski definition) is 2. The number of amides is 1. The van der Waals surface area contributed by atoms with Crippen molar-refractivity contribution in [3.63, 3.8) is 0 Å². The van der Waals surface area contributed by atoms with E-state index in [0.29, 0.717) is 18.0 Å². The summed E-state index contributed by atoms with van der Waals surface area (Å²) in [6.07, 6.45) is 5.13. The van der Waals surface area contributed by atoms with Crippen LogP contribution in [0.25, 0.3) is 5.82 Å². The predicted octanol–water partition coefficient (Wildman–Crippen LogP) is 0.185. The van der Waals surface area contributed by atoms with E-state index in [2.05, 4.69) is 40.7 Å². The standard InChI is InChI=1S/C15H17N9O3/c16-13-14(21-27-20-13)24-12(11(18-22-24)9-23-5-1-2-6-23)15(25)19-17-8-10-4-3-7-26-10/h3-4,7-8H,1-2,5-6,9H2,(H2,16,20)(H,19,25). The fourth-order valence-electron chi connectivity index (χ4n) is 2.86. The van der Waals surface area contributed by atoms with Gasteiger partial charge in [-0.1, -0.05) is 5.21 Å². The van der Waals surface area contributed by atoms with Crippen molar-refractivity contribution in [2.45, 2.75) is 19.4 Å². The number of carbonyl (C=O) groups excluding carboxylic acids is 1. The fraction of sp³-hybridized carbons (Fsp3) is 0.333. The summed E-state index contributed by atoms with van der Waals surface area (Å²) in [5.74, 6) is 0.0830. The number of nitrogens with one attached hydrogen (secondary N) is 1.